The van der Waals surface area contributed by atoms with Crippen molar-refractivity contribution in [2.45, 2.75) is 51.9 Å². The van der Waals surface area contributed by atoms with E-state index in [1.165, 1.54) is 16.2 Å². The summed E-state index contributed by atoms with van der Waals surface area (Å²) in [5.74, 6) is -0.379. The third-order valence-electron chi connectivity index (χ3n) is 4.28. The first kappa shape index (κ1) is 20.3. The molecule has 0 radical (unpaired) electrons. The zero-order valence-electron chi connectivity index (χ0n) is 16.4. The van der Waals surface area contributed by atoms with E-state index in [-0.39, 0.29) is 18.9 Å². The number of thiazole rings is 1. The topological polar surface area (TPSA) is 91.8 Å². The fraction of sp³-hybridized carbons (Fsp3) is 0.450. The Labute approximate surface area is 168 Å². The third-order valence-corrected chi connectivity index (χ3v) is 5.17. The summed E-state index contributed by atoms with van der Waals surface area (Å²) in [7, 11) is 0. The van der Waals surface area contributed by atoms with Crippen LogP contribution in [0.25, 0.3) is 11.3 Å². The van der Waals surface area contributed by atoms with Crippen molar-refractivity contribution in [3.63, 3.8) is 0 Å². The Kier molecular flexibility index (Phi) is 5.71. The third kappa shape index (κ3) is 4.69. The van der Waals surface area contributed by atoms with Gasteiger partial charge in [-0.2, -0.15) is 0 Å². The van der Waals surface area contributed by atoms with Gasteiger partial charge in [0.05, 0.1) is 18.3 Å². The Bertz CT molecular complexity index is 860. The molecule has 2 aromatic rings. The molecule has 0 saturated carbocycles. The Morgan fingerprint density at radius 1 is 1.29 bits per heavy atom. The number of aliphatic hydroxyl groups is 1. The first-order valence-corrected chi connectivity index (χ1v) is 9.97. The maximum Gasteiger partial charge on any atom is 0.411 e. The highest BCUT2D eigenvalue weighted by molar-refractivity contribution is 7.16. The van der Waals surface area contributed by atoms with E-state index in [4.69, 9.17) is 4.74 Å². The van der Waals surface area contributed by atoms with Crippen LogP contribution in [0.15, 0.2) is 30.3 Å². The summed E-state index contributed by atoms with van der Waals surface area (Å²) in [6.07, 6.45) is -1.20. The number of amides is 2. The summed E-state index contributed by atoms with van der Waals surface area (Å²) in [5, 5.41) is 13.2. The molecule has 1 aromatic heterocycles. The van der Waals surface area contributed by atoms with Crippen molar-refractivity contribution in [1.82, 2.24) is 9.88 Å². The molecule has 1 aliphatic heterocycles. The number of hydrogen-bond donors (Lipinski definition) is 2. The number of nitrogens with one attached hydrogen (secondary N) is 1. The molecular weight excluding hydrogens is 378 g/mol. The second-order valence-corrected chi connectivity index (χ2v) is 9.02. The number of carbonyl (C=O) groups excluding carboxylic acids is 2. The highest BCUT2D eigenvalue weighted by atomic mass is 32.1. The molecule has 7 nitrogen and oxygen atoms in total. The summed E-state index contributed by atoms with van der Waals surface area (Å²) in [5.41, 5.74) is 1.11. The van der Waals surface area contributed by atoms with Crippen molar-refractivity contribution in [2.75, 3.05) is 11.9 Å². The lowest BCUT2D eigenvalue weighted by Gasteiger charge is -2.27. The van der Waals surface area contributed by atoms with Gasteiger partial charge in [0.1, 0.15) is 11.6 Å². The number of likely N-dealkylation sites (tertiary alicyclic amines) is 1. The van der Waals surface area contributed by atoms with Gasteiger partial charge < -0.3 is 15.2 Å². The monoisotopic (exact) mass is 403 g/mol. The molecule has 3 rings (SSSR count). The van der Waals surface area contributed by atoms with Crippen LogP contribution in [0, 0.1) is 6.92 Å². The summed E-state index contributed by atoms with van der Waals surface area (Å²) in [6.45, 7) is 7.29. The molecule has 150 valence electrons. The molecule has 1 fully saturated rings. The van der Waals surface area contributed by atoms with Gasteiger partial charge in [-0.1, -0.05) is 30.3 Å². The normalized spacial score (nSPS) is 19.5. The van der Waals surface area contributed by atoms with Crippen LogP contribution in [0.1, 0.15) is 32.1 Å². The average molecular weight is 404 g/mol. The van der Waals surface area contributed by atoms with Crippen LogP contribution in [0.3, 0.4) is 0 Å². The molecule has 0 unspecified atom stereocenters. The molecule has 0 aliphatic carbocycles. The van der Waals surface area contributed by atoms with E-state index in [0.29, 0.717) is 5.13 Å². The van der Waals surface area contributed by atoms with Gasteiger partial charge in [0.25, 0.3) is 0 Å². The molecule has 2 amide bonds. The lowest BCUT2D eigenvalue weighted by atomic mass is 10.1. The number of aromatic nitrogens is 1. The van der Waals surface area contributed by atoms with Gasteiger partial charge >= 0.3 is 6.09 Å². The van der Waals surface area contributed by atoms with E-state index in [1.807, 2.05) is 37.3 Å². The lowest BCUT2D eigenvalue weighted by molar-refractivity contribution is -0.120. The van der Waals surface area contributed by atoms with Gasteiger partial charge in [0.15, 0.2) is 5.13 Å². The minimum absolute atomic E-state index is 0.0686. The van der Waals surface area contributed by atoms with Gasteiger partial charge in [-0.15, -0.1) is 11.3 Å². The maximum absolute atomic E-state index is 12.8. The Morgan fingerprint density at radius 3 is 2.61 bits per heavy atom. The molecule has 0 bridgehead atoms. The molecule has 28 heavy (non-hydrogen) atoms. The zero-order valence-corrected chi connectivity index (χ0v) is 17.2. The fourth-order valence-corrected chi connectivity index (χ4v) is 3.93. The Hall–Kier alpha value is -2.45. The zero-order chi connectivity index (χ0) is 20.5. The minimum atomic E-state index is -0.797. The second kappa shape index (κ2) is 7.89. The largest absolute Gasteiger partial charge is 0.444 e. The smallest absolute Gasteiger partial charge is 0.411 e. The maximum atomic E-state index is 12.8. The van der Waals surface area contributed by atoms with Crippen LogP contribution in [-0.2, 0) is 9.53 Å². The quantitative estimate of drug-likeness (QED) is 0.819. The SMILES string of the molecule is Cc1sc(NC(=O)[C@H]2C[C@@H](O)CN2C(=O)OC(C)(C)C)nc1-c1ccccc1. The molecular formula is C20H25N3O4S. The minimum Gasteiger partial charge on any atom is -0.444 e. The van der Waals surface area contributed by atoms with E-state index in [1.54, 1.807) is 20.8 Å². The van der Waals surface area contributed by atoms with Crippen LogP contribution in [-0.4, -0.2) is 51.3 Å². The van der Waals surface area contributed by atoms with Gasteiger partial charge in [-0.05, 0) is 27.7 Å². The van der Waals surface area contributed by atoms with Crippen LogP contribution in [0.2, 0.25) is 0 Å². The number of aliphatic hydroxyl groups excluding tert-OH is 1. The molecule has 1 aromatic carbocycles. The van der Waals surface area contributed by atoms with Crippen molar-refractivity contribution in [3.8, 4) is 11.3 Å². The van der Waals surface area contributed by atoms with Gasteiger partial charge in [-0.3, -0.25) is 9.69 Å². The first-order chi connectivity index (χ1) is 13.1. The van der Waals surface area contributed by atoms with Crippen LogP contribution >= 0.6 is 11.3 Å². The number of hydrogen-bond acceptors (Lipinski definition) is 6. The number of benzene rings is 1. The molecule has 2 N–H and O–H groups in total. The predicted octanol–water partition coefficient (Wildman–Crippen LogP) is 3.43. The summed E-state index contributed by atoms with van der Waals surface area (Å²) < 4.78 is 5.36. The average Bonchev–Trinajstić information content (AvgIpc) is 3.17. The molecule has 1 aliphatic rings. The number of ether oxygens (including phenoxy) is 1. The van der Waals surface area contributed by atoms with E-state index < -0.39 is 23.8 Å². The first-order valence-electron chi connectivity index (χ1n) is 9.15. The number of β-amino-alcohol motifs (C(OH)–C–C–N with tert-alkyl or cyclic N) is 1. The fourth-order valence-electron chi connectivity index (χ4n) is 3.09. The van der Waals surface area contributed by atoms with Crippen molar-refractivity contribution < 1.29 is 19.4 Å². The van der Waals surface area contributed by atoms with Crippen LogP contribution in [0.5, 0.6) is 0 Å². The Morgan fingerprint density at radius 2 is 1.96 bits per heavy atom. The highest BCUT2D eigenvalue weighted by Gasteiger charge is 2.41. The highest BCUT2D eigenvalue weighted by Crippen LogP contribution is 2.31. The standard InChI is InChI=1S/C20H25N3O4S/c1-12-16(13-8-6-5-7-9-13)21-18(28-12)22-17(25)15-10-14(24)11-23(15)19(26)27-20(2,3)4/h5-9,14-15,24H,10-11H2,1-4H3,(H,21,22,25)/t14-,15-/m1/s1. The molecule has 0 spiro atoms. The van der Waals surface area contributed by atoms with Crippen LogP contribution < -0.4 is 5.32 Å². The van der Waals surface area contributed by atoms with Crippen molar-refractivity contribution >= 4 is 28.5 Å². The molecule has 8 heteroatoms. The van der Waals surface area contributed by atoms with Crippen molar-refractivity contribution in [1.29, 1.82) is 0 Å². The van der Waals surface area contributed by atoms with Crippen molar-refractivity contribution in [2.24, 2.45) is 0 Å². The van der Waals surface area contributed by atoms with Crippen molar-refractivity contribution in [3.05, 3.63) is 35.2 Å². The number of carbonyl (C=O) groups is 2. The van der Waals surface area contributed by atoms with Gasteiger partial charge in [-0.25, -0.2) is 9.78 Å². The molecule has 2 atom stereocenters. The number of anilines is 1. The van der Waals surface area contributed by atoms with E-state index in [0.717, 1.165) is 16.1 Å². The predicted molar refractivity (Wildman–Crippen MR) is 108 cm³/mol. The Balaban J connectivity index is 1.74. The van der Waals surface area contributed by atoms with E-state index in [9.17, 15) is 14.7 Å². The summed E-state index contributed by atoms with van der Waals surface area (Å²) in [6, 6.07) is 8.94. The van der Waals surface area contributed by atoms with E-state index in [2.05, 4.69) is 10.3 Å². The number of rotatable bonds is 3. The molecule has 1 saturated heterocycles. The summed E-state index contributed by atoms with van der Waals surface area (Å²) in [4.78, 5) is 32.0. The lowest BCUT2D eigenvalue weighted by Crippen LogP contribution is -2.45. The molecule has 2 heterocycles. The van der Waals surface area contributed by atoms with Gasteiger partial charge in [0.2, 0.25) is 5.91 Å². The van der Waals surface area contributed by atoms with Gasteiger partial charge in [0, 0.05) is 16.9 Å². The number of aryl methyl sites for hydroxylation is 1. The van der Waals surface area contributed by atoms with Crippen LogP contribution in [0.4, 0.5) is 9.93 Å². The second-order valence-electron chi connectivity index (χ2n) is 7.82. The van der Waals surface area contributed by atoms with E-state index >= 15 is 0 Å². The number of nitrogens with zero attached hydrogens (tertiary/aromatic N) is 2. The summed E-state index contributed by atoms with van der Waals surface area (Å²) >= 11 is 1.38.